The van der Waals surface area contributed by atoms with Gasteiger partial charge in [-0.2, -0.15) is 0 Å². The molecule has 0 aromatic carbocycles. The minimum atomic E-state index is -1.71. The highest BCUT2D eigenvalue weighted by molar-refractivity contribution is 5.64. The zero-order valence-electron chi connectivity index (χ0n) is 7.28. The van der Waals surface area contributed by atoms with Crippen LogP contribution in [0.1, 0.15) is 0 Å². The monoisotopic (exact) mass is 207 g/mol. The molecule has 0 aliphatic rings. The molecule has 0 aromatic heterocycles. The lowest BCUT2D eigenvalue weighted by Crippen LogP contribution is -2.51. The molecule has 0 fully saturated rings. The second-order valence-corrected chi connectivity index (χ2v) is 2.68. The minimum absolute atomic E-state index is 0.181. The molecule has 7 heteroatoms. The lowest BCUT2D eigenvalue weighted by atomic mass is 10.0. The van der Waals surface area contributed by atoms with E-state index in [0.29, 0.717) is 0 Å². The van der Waals surface area contributed by atoms with Gasteiger partial charge in [0.1, 0.15) is 30.6 Å². The Morgan fingerprint density at radius 1 is 1.14 bits per heavy atom. The van der Waals surface area contributed by atoms with Crippen LogP contribution in [0, 0.1) is 0 Å². The van der Waals surface area contributed by atoms with E-state index < -0.39 is 31.0 Å². The van der Waals surface area contributed by atoms with Crippen LogP contribution in [0.5, 0.6) is 0 Å². The standard InChI is InChI=1S/C7H13NO6/c9-1-4(8-3-11)6(13)7(14)5(12)2-10/h1,3-7,10,12-14H,2H2,(H,8,11)/t4-,5-,6-,7-/m1/s1. The maximum atomic E-state index is 10.3. The van der Waals surface area contributed by atoms with E-state index in [0.717, 1.165) is 0 Å². The van der Waals surface area contributed by atoms with Crippen molar-refractivity contribution in [1.82, 2.24) is 5.32 Å². The van der Waals surface area contributed by atoms with E-state index in [-0.39, 0.29) is 12.7 Å². The molecule has 4 atom stereocenters. The molecule has 0 aliphatic heterocycles. The van der Waals surface area contributed by atoms with Crippen LogP contribution in [0.15, 0.2) is 0 Å². The second kappa shape index (κ2) is 6.44. The Balaban J connectivity index is 4.31. The molecule has 0 saturated carbocycles. The first kappa shape index (κ1) is 13.0. The summed E-state index contributed by atoms with van der Waals surface area (Å²) < 4.78 is 0. The van der Waals surface area contributed by atoms with E-state index in [1.165, 1.54) is 0 Å². The molecular formula is C7H13NO6. The molecule has 7 nitrogen and oxygen atoms in total. The average Bonchev–Trinajstić information content (AvgIpc) is 2.22. The first-order valence-electron chi connectivity index (χ1n) is 3.88. The molecule has 0 spiro atoms. The SMILES string of the molecule is O=CN[C@H](C=O)[C@@H](O)[C@H](O)[C@H](O)CO. The van der Waals surface area contributed by atoms with Crippen molar-refractivity contribution in [2.75, 3.05) is 6.61 Å². The van der Waals surface area contributed by atoms with Crippen molar-refractivity contribution >= 4 is 12.7 Å². The molecular weight excluding hydrogens is 194 g/mol. The third kappa shape index (κ3) is 3.38. The normalized spacial score (nSPS) is 19.1. The van der Waals surface area contributed by atoms with Gasteiger partial charge in [-0.25, -0.2) is 0 Å². The quantitative estimate of drug-likeness (QED) is 0.274. The largest absolute Gasteiger partial charge is 0.394 e. The first-order valence-corrected chi connectivity index (χ1v) is 3.88. The Labute approximate surface area is 80.0 Å². The van der Waals surface area contributed by atoms with Gasteiger partial charge in [0.05, 0.1) is 6.61 Å². The number of amides is 1. The van der Waals surface area contributed by atoms with Crippen molar-refractivity contribution in [2.24, 2.45) is 0 Å². The Kier molecular flexibility index (Phi) is 5.97. The number of nitrogens with one attached hydrogen (secondary N) is 1. The molecule has 5 N–H and O–H groups in total. The van der Waals surface area contributed by atoms with Gasteiger partial charge in [0.25, 0.3) is 0 Å². The van der Waals surface area contributed by atoms with Gasteiger partial charge in [-0.05, 0) is 0 Å². The summed E-state index contributed by atoms with van der Waals surface area (Å²) in [5, 5.41) is 37.7. The summed E-state index contributed by atoms with van der Waals surface area (Å²) in [6, 6.07) is -1.32. The average molecular weight is 207 g/mol. The maximum absolute atomic E-state index is 10.3. The van der Waals surface area contributed by atoms with Crippen molar-refractivity contribution in [2.45, 2.75) is 24.4 Å². The molecule has 82 valence electrons. The van der Waals surface area contributed by atoms with Crippen molar-refractivity contribution in [1.29, 1.82) is 0 Å². The highest BCUT2D eigenvalue weighted by atomic mass is 16.4. The highest BCUT2D eigenvalue weighted by Gasteiger charge is 2.30. The number of aldehydes is 1. The van der Waals surface area contributed by atoms with Crippen LogP contribution in [0.3, 0.4) is 0 Å². The maximum Gasteiger partial charge on any atom is 0.207 e. The topological polar surface area (TPSA) is 127 Å². The number of aliphatic hydroxyl groups is 4. The van der Waals surface area contributed by atoms with E-state index >= 15 is 0 Å². The smallest absolute Gasteiger partial charge is 0.207 e. The number of hydrogen-bond acceptors (Lipinski definition) is 6. The fourth-order valence-corrected chi connectivity index (χ4v) is 0.845. The van der Waals surface area contributed by atoms with Gasteiger partial charge in [0.2, 0.25) is 6.41 Å². The van der Waals surface area contributed by atoms with Gasteiger partial charge >= 0.3 is 0 Å². The van der Waals surface area contributed by atoms with Crippen molar-refractivity contribution in [3.63, 3.8) is 0 Å². The minimum Gasteiger partial charge on any atom is -0.394 e. The number of carbonyl (C=O) groups excluding carboxylic acids is 2. The van der Waals surface area contributed by atoms with Crippen LogP contribution in [-0.4, -0.2) is 64.1 Å². The van der Waals surface area contributed by atoms with Gasteiger partial charge in [0.15, 0.2) is 0 Å². The number of carbonyl (C=O) groups is 2. The number of rotatable bonds is 7. The molecule has 1 amide bonds. The third-order valence-corrected chi connectivity index (χ3v) is 1.71. The summed E-state index contributed by atoms with van der Waals surface area (Å²) in [5.41, 5.74) is 0. The molecule has 0 heterocycles. The Morgan fingerprint density at radius 2 is 1.71 bits per heavy atom. The van der Waals surface area contributed by atoms with Crippen LogP contribution in [-0.2, 0) is 9.59 Å². The van der Waals surface area contributed by atoms with Crippen LogP contribution < -0.4 is 5.32 Å². The van der Waals surface area contributed by atoms with Gasteiger partial charge in [-0.15, -0.1) is 0 Å². The molecule has 0 radical (unpaired) electrons. The van der Waals surface area contributed by atoms with Gasteiger partial charge in [0, 0.05) is 0 Å². The molecule has 0 aliphatic carbocycles. The van der Waals surface area contributed by atoms with Gasteiger partial charge < -0.3 is 30.5 Å². The van der Waals surface area contributed by atoms with E-state index in [1.807, 2.05) is 5.32 Å². The van der Waals surface area contributed by atoms with Crippen molar-refractivity contribution in [3.8, 4) is 0 Å². The molecule has 0 unspecified atom stereocenters. The second-order valence-electron chi connectivity index (χ2n) is 2.68. The van der Waals surface area contributed by atoms with Crippen LogP contribution in [0.2, 0.25) is 0 Å². The summed E-state index contributed by atoms with van der Waals surface area (Å²) in [6.45, 7) is -0.759. The van der Waals surface area contributed by atoms with Crippen molar-refractivity contribution in [3.05, 3.63) is 0 Å². The zero-order chi connectivity index (χ0) is 11.1. The van der Waals surface area contributed by atoms with Crippen LogP contribution in [0.25, 0.3) is 0 Å². The van der Waals surface area contributed by atoms with E-state index in [1.54, 1.807) is 0 Å². The van der Waals surface area contributed by atoms with E-state index in [2.05, 4.69) is 0 Å². The summed E-state index contributed by atoms with van der Waals surface area (Å²) >= 11 is 0. The summed E-state index contributed by atoms with van der Waals surface area (Å²) in [6.07, 6.45) is -4.55. The lowest BCUT2D eigenvalue weighted by molar-refractivity contribution is -0.125. The summed E-state index contributed by atoms with van der Waals surface area (Å²) in [5.74, 6) is 0. The predicted octanol–water partition coefficient (Wildman–Crippen LogP) is -3.63. The fraction of sp³-hybridized carbons (Fsp3) is 0.714. The number of hydrogen-bond donors (Lipinski definition) is 5. The highest BCUT2D eigenvalue weighted by Crippen LogP contribution is 2.03. The van der Waals surface area contributed by atoms with Gasteiger partial charge in [-0.1, -0.05) is 0 Å². The lowest BCUT2D eigenvalue weighted by Gasteiger charge is -2.24. The number of aliphatic hydroxyl groups excluding tert-OH is 4. The molecule has 0 saturated heterocycles. The van der Waals surface area contributed by atoms with Crippen LogP contribution >= 0.6 is 0 Å². The Bertz CT molecular complexity index is 187. The molecule has 0 rings (SSSR count). The zero-order valence-corrected chi connectivity index (χ0v) is 7.28. The molecule has 14 heavy (non-hydrogen) atoms. The summed E-state index contributed by atoms with van der Waals surface area (Å²) in [4.78, 5) is 20.3. The van der Waals surface area contributed by atoms with E-state index in [9.17, 15) is 14.7 Å². The van der Waals surface area contributed by atoms with Gasteiger partial charge in [-0.3, -0.25) is 4.79 Å². The van der Waals surface area contributed by atoms with Crippen molar-refractivity contribution < 1.29 is 30.0 Å². The van der Waals surface area contributed by atoms with E-state index in [4.69, 9.17) is 15.3 Å². The Hall–Kier alpha value is -1.02. The fourth-order valence-electron chi connectivity index (χ4n) is 0.845. The predicted molar refractivity (Wildman–Crippen MR) is 44.2 cm³/mol. The third-order valence-electron chi connectivity index (χ3n) is 1.71. The molecule has 0 aromatic rings. The molecule has 0 bridgehead atoms. The summed E-state index contributed by atoms with van der Waals surface area (Å²) in [7, 11) is 0. The Morgan fingerprint density at radius 3 is 2.07 bits per heavy atom. The van der Waals surface area contributed by atoms with Crippen LogP contribution in [0.4, 0.5) is 0 Å². The first-order chi connectivity index (χ1) is 6.58.